The second-order valence-corrected chi connectivity index (χ2v) is 7.24. The van der Waals surface area contributed by atoms with Gasteiger partial charge in [-0.3, -0.25) is 19.1 Å². The number of anilines is 2. The molecule has 7 heteroatoms. The standard InChI is InChI=1S/C22H24N4O3/c1-15-8-10-16(11-9-15)23-20(27)14-19-21(28)25(12-5-13-29-2)22-24-17-6-3-4-7-18(17)26(19)22/h3-4,6-11,19H,5,12-14H2,1-2H3,(H,23,27). The smallest absolute Gasteiger partial charge is 0.253 e. The number of amides is 2. The zero-order valence-electron chi connectivity index (χ0n) is 16.6. The summed E-state index contributed by atoms with van der Waals surface area (Å²) >= 11 is 0. The van der Waals surface area contributed by atoms with Crippen LogP contribution in [-0.2, 0) is 14.3 Å². The molecule has 3 aromatic rings. The number of nitrogens with zero attached hydrogens (tertiary/aromatic N) is 3. The van der Waals surface area contributed by atoms with Crippen LogP contribution in [0.25, 0.3) is 11.0 Å². The van der Waals surface area contributed by atoms with Crippen LogP contribution in [0, 0.1) is 6.92 Å². The molecule has 1 aliphatic rings. The lowest BCUT2D eigenvalue weighted by Crippen LogP contribution is -2.32. The molecule has 7 nitrogen and oxygen atoms in total. The van der Waals surface area contributed by atoms with Crippen LogP contribution in [0.1, 0.15) is 24.4 Å². The van der Waals surface area contributed by atoms with E-state index in [9.17, 15) is 9.59 Å². The Morgan fingerprint density at radius 1 is 1.17 bits per heavy atom. The van der Waals surface area contributed by atoms with E-state index in [2.05, 4.69) is 10.3 Å². The monoisotopic (exact) mass is 392 g/mol. The van der Waals surface area contributed by atoms with E-state index in [0.29, 0.717) is 25.5 Å². The third-order valence-electron chi connectivity index (χ3n) is 5.13. The molecule has 0 fully saturated rings. The first-order valence-corrected chi connectivity index (χ1v) is 9.72. The molecule has 1 N–H and O–H groups in total. The molecular formula is C22H24N4O3. The van der Waals surface area contributed by atoms with Crippen molar-refractivity contribution in [3.05, 3.63) is 54.1 Å². The van der Waals surface area contributed by atoms with E-state index in [-0.39, 0.29) is 18.2 Å². The Bertz CT molecular complexity index is 1040. The first-order chi connectivity index (χ1) is 14.1. The van der Waals surface area contributed by atoms with E-state index in [0.717, 1.165) is 22.3 Å². The van der Waals surface area contributed by atoms with Crippen molar-refractivity contribution < 1.29 is 14.3 Å². The van der Waals surface area contributed by atoms with Crippen molar-refractivity contribution in [2.24, 2.45) is 0 Å². The number of hydrogen-bond donors (Lipinski definition) is 1. The number of nitrogens with one attached hydrogen (secondary N) is 1. The van der Waals surface area contributed by atoms with Crippen molar-refractivity contribution in [3.8, 4) is 0 Å². The average Bonchev–Trinajstić information content (AvgIpc) is 3.20. The van der Waals surface area contributed by atoms with E-state index in [1.165, 1.54) is 0 Å². The lowest BCUT2D eigenvalue weighted by molar-refractivity contribution is -0.124. The highest BCUT2D eigenvalue weighted by molar-refractivity contribution is 6.05. The number of aromatic nitrogens is 2. The molecule has 1 aromatic heterocycles. The lowest BCUT2D eigenvalue weighted by atomic mass is 10.1. The Morgan fingerprint density at radius 3 is 2.69 bits per heavy atom. The summed E-state index contributed by atoms with van der Waals surface area (Å²) in [5.41, 5.74) is 3.52. The lowest BCUT2D eigenvalue weighted by Gasteiger charge is -2.15. The van der Waals surface area contributed by atoms with Crippen LogP contribution >= 0.6 is 0 Å². The van der Waals surface area contributed by atoms with Crippen molar-refractivity contribution >= 4 is 34.5 Å². The van der Waals surface area contributed by atoms with Crippen molar-refractivity contribution in [1.29, 1.82) is 0 Å². The number of carbonyl (C=O) groups excluding carboxylic acids is 2. The van der Waals surface area contributed by atoms with Gasteiger partial charge in [0.15, 0.2) is 0 Å². The predicted octanol–water partition coefficient (Wildman–Crippen LogP) is 3.30. The van der Waals surface area contributed by atoms with Crippen LogP contribution in [0.3, 0.4) is 0 Å². The zero-order chi connectivity index (χ0) is 20.4. The maximum atomic E-state index is 13.1. The number of carbonyl (C=O) groups is 2. The SMILES string of the molecule is COCCCN1C(=O)C(CC(=O)Nc2ccc(C)cc2)n2c1nc1ccccc12. The van der Waals surface area contributed by atoms with E-state index in [1.807, 2.05) is 60.0 Å². The molecule has 2 heterocycles. The Balaban J connectivity index is 1.60. The van der Waals surface area contributed by atoms with Crippen LogP contribution in [0.15, 0.2) is 48.5 Å². The summed E-state index contributed by atoms with van der Waals surface area (Å²) in [6.07, 6.45) is 0.759. The summed E-state index contributed by atoms with van der Waals surface area (Å²) < 4.78 is 7.01. The molecule has 29 heavy (non-hydrogen) atoms. The van der Waals surface area contributed by atoms with E-state index >= 15 is 0 Å². The number of methoxy groups -OCH3 is 1. The van der Waals surface area contributed by atoms with Crippen LogP contribution in [0.5, 0.6) is 0 Å². The van der Waals surface area contributed by atoms with Crippen molar-refractivity contribution in [2.45, 2.75) is 25.8 Å². The number of para-hydroxylation sites is 2. The van der Waals surface area contributed by atoms with Gasteiger partial charge >= 0.3 is 0 Å². The molecule has 0 aliphatic carbocycles. The van der Waals surface area contributed by atoms with Gasteiger partial charge in [0.05, 0.1) is 17.5 Å². The van der Waals surface area contributed by atoms with Gasteiger partial charge in [-0.15, -0.1) is 0 Å². The minimum Gasteiger partial charge on any atom is -0.385 e. The first-order valence-electron chi connectivity index (χ1n) is 9.72. The van der Waals surface area contributed by atoms with E-state index in [4.69, 9.17) is 4.74 Å². The number of ether oxygens (including phenoxy) is 1. The Kier molecular flexibility index (Phi) is 5.31. The molecule has 0 saturated heterocycles. The highest BCUT2D eigenvalue weighted by Gasteiger charge is 2.40. The topological polar surface area (TPSA) is 76.5 Å². The summed E-state index contributed by atoms with van der Waals surface area (Å²) in [7, 11) is 1.64. The number of rotatable bonds is 7. The minimum atomic E-state index is -0.606. The third kappa shape index (κ3) is 3.73. The van der Waals surface area contributed by atoms with Crippen LogP contribution in [0.4, 0.5) is 11.6 Å². The van der Waals surface area contributed by atoms with Gasteiger partial charge in [-0.25, -0.2) is 4.98 Å². The minimum absolute atomic E-state index is 0.0564. The maximum Gasteiger partial charge on any atom is 0.253 e. The molecule has 1 aliphatic heterocycles. The van der Waals surface area contributed by atoms with Gasteiger partial charge in [0.2, 0.25) is 11.9 Å². The molecule has 2 amide bonds. The molecule has 2 aromatic carbocycles. The zero-order valence-corrected chi connectivity index (χ0v) is 16.6. The normalized spacial score (nSPS) is 15.7. The summed E-state index contributed by atoms with van der Waals surface area (Å²) in [5.74, 6) is 0.295. The summed E-state index contributed by atoms with van der Waals surface area (Å²) in [6.45, 7) is 3.06. The van der Waals surface area contributed by atoms with Crippen LogP contribution in [0.2, 0.25) is 0 Å². The van der Waals surface area contributed by atoms with Gasteiger partial charge in [-0.1, -0.05) is 29.8 Å². The van der Waals surface area contributed by atoms with Crippen LogP contribution < -0.4 is 10.2 Å². The number of imidazole rings is 1. The van der Waals surface area contributed by atoms with Crippen molar-refractivity contribution in [1.82, 2.24) is 9.55 Å². The van der Waals surface area contributed by atoms with Gasteiger partial charge in [0, 0.05) is 25.9 Å². The quantitative estimate of drug-likeness (QED) is 0.626. The number of hydrogen-bond acceptors (Lipinski definition) is 4. The maximum absolute atomic E-state index is 13.1. The molecule has 1 atom stereocenters. The summed E-state index contributed by atoms with van der Waals surface area (Å²) in [6, 6.07) is 14.7. The second kappa shape index (κ2) is 8.05. The molecule has 150 valence electrons. The second-order valence-electron chi connectivity index (χ2n) is 7.24. The molecule has 4 rings (SSSR count). The van der Waals surface area contributed by atoms with E-state index in [1.54, 1.807) is 12.0 Å². The van der Waals surface area contributed by atoms with Gasteiger partial charge < -0.3 is 10.1 Å². The molecule has 0 bridgehead atoms. The number of fused-ring (bicyclic) bond motifs is 3. The summed E-state index contributed by atoms with van der Waals surface area (Å²) in [5, 5.41) is 2.89. The van der Waals surface area contributed by atoms with Gasteiger partial charge in [0.1, 0.15) is 6.04 Å². The fourth-order valence-electron chi connectivity index (χ4n) is 3.70. The molecule has 0 spiro atoms. The summed E-state index contributed by atoms with van der Waals surface area (Å²) in [4.78, 5) is 32.2. The van der Waals surface area contributed by atoms with Crippen molar-refractivity contribution in [3.63, 3.8) is 0 Å². The largest absolute Gasteiger partial charge is 0.385 e. The van der Waals surface area contributed by atoms with Gasteiger partial charge in [0.25, 0.3) is 5.91 Å². The fourth-order valence-corrected chi connectivity index (χ4v) is 3.70. The predicted molar refractivity (Wildman–Crippen MR) is 112 cm³/mol. The molecule has 1 unspecified atom stereocenters. The molecule has 0 saturated carbocycles. The van der Waals surface area contributed by atoms with Gasteiger partial charge in [-0.2, -0.15) is 0 Å². The third-order valence-corrected chi connectivity index (χ3v) is 5.13. The molecular weight excluding hydrogens is 368 g/mol. The van der Waals surface area contributed by atoms with Crippen LogP contribution in [-0.4, -0.2) is 41.6 Å². The van der Waals surface area contributed by atoms with Gasteiger partial charge in [-0.05, 0) is 37.6 Å². The highest BCUT2D eigenvalue weighted by Crippen LogP contribution is 2.36. The number of aryl methyl sites for hydroxylation is 1. The first kappa shape index (κ1) is 19.1. The Labute approximate surface area is 169 Å². The average molecular weight is 392 g/mol. The highest BCUT2D eigenvalue weighted by atomic mass is 16.5. The Hall–Kier alpha value is -3.19. The fraction of sp³-hybridized carbons (Fsp3) is 0.318. The van der Waals surface area contributed by atoms with E-state index < -0.39 is 6.04 Å². The number of benzene rings is 2. The molecule has 0 radical (unpaired) electrons. The van der Waals surface area contributed by atoms with Crippen molar-refractivity contribution in [2.75, 3.05) is 30.5 Å². The Morgan fingerprint density at radius 2 is 1.93 bits per heavy atom.